The Morgan fingerprint density at radius 3 is 2.33 bits per heavy atom. The highest BCUT2D eigenvalue weighted by molar-refractivity contribution is 14.1. The third-order valence-corrected chi connectivity index (χ3v) is 4.94. The fraction of sp³-hybridized carbons (Fsp3) is 0.133. The van der Waals surface area contributed by atoms with Crippen LogP contribution in [-0.4, -0.2) is 19.0 Å². The topological polar surface area (TPSA) is 35.5 Å². The van der Waals surface area contributed by atoms with Gasteiger partial charge in [0.25, 0.3) is 0 Å². The van der Waals surface area contributed by atoms with E-state index in [9.17, 15) is 4.79 Å². The molecule has 0 unspecified atom stereocenters. The van der Waals surface area contributed by atoms with E-state index in [0.717, 1.165) is 3.57 Å². The van der Waals surface area contributed by atoms with Crippen molar-refractivity contribution in [1.29, 1.82) is 0 Å². The molecular formula is C15H9Cl2IO3. The number of carbonyl (C=O) groups excluding carboxylic acids is 1. The van der Waals surface area contributed by atoms with E-state index >= 15 is 0 Å². The van der Waals surface area contributed by atoms with Gasteiger partial charge >= 0.3 is 0 Å². The summed E-state index contributed by atoms with van der Waals surface area (Å²) in [7, 11) is 0. The minimum atomic E-state index is -0.199. The number of hydrogen-bond donors (Lipinski definition) is 0. The molecule has 0 aromatic heterocycles. The van der Waals surface area contributed by atoms with Crippen molar-refractivity contribution < 1.29 is 14.3 Å². The van der Waals surface area contributed by atoms with Crippen molar-refractivity contribution in [3.63, 3.8) is 0 Å². The van der Waals surface area contributed by atoms with Crippen LogP contribution < -0.4 is 9.47 Å². The van der Waals surface area contributed by atoms with Gasteiger partial charge in [-0.1, -0.05) is 23.2 Å². The molecule has 1 aliphatic heterocycles. The molecule has 3 rings (SSSR count). The Morgan fingerprint density at radius 2 is 1.67 bits per heavy atom. The van der Waals surface area contributed by atoms with Gasteiger partial charge in [-0.3, -0.25) is 4.79 Å². The molecule has 0 saturated carbocycles. The summed E-state index contributed by atoms with van der Waals surface area (Å²) >= 11 is 14.4. The maximum absolute atomic E-state index is 12.6. The van der Waals surface area contributed by atoms with Crippen LogP contribution >= 0.6 is 45.8 Å². The molecule has 3 nitrogen and oxygen atoms in total. The van der Waals surface area contributed by atoms with Gasteiger partial charge in [-0.25, -0.2) is 0 Å². The molecule has 1 heterocycles. The Balaban J connectivity index is 2.03. The quantitative estimate of drug-likeness (QED) is 0.511. The van der Waals surface area contributed by atoms with Crippen molar-refractivity contribution in [3.8, 4) is 11.5 Å². The second-order valence-electron chi connectivity index (χ2n) is 4.43. The molecule has 0 amide bonds. The smallest absolute Gasteiger partial charge is 0.194 e. The minimum Gasteiger partial charge on any atom is -0.486 e. The first-order valence-electron chi connectivity index (χ1n) is 6.15. The Kier molecular flexibility index (Phi) is 4.28. The maximum atomic E-state index is 12.6. The number of hydrogen-bond acceptors (Lipinski definition) is 3. The Labute approximate surface area is 145 Å². The monoisotopic (exact) mass is 434 g/mol. The average Bonchev–Trinajstić information content (AvgIpc) is 2.48. The van der Waals surface area contributed by atoms with Gasteiger partial charge < -0.3 is 9.47 Å². The van der Waals surface area contributed by atoms with Crippen LogP contribution in [0.5, 0.6) is 11.5 Å². The summed E-state index contributed by atoms with van der Waals surface area (Å²) in [6.07, 6.45) is 0. The summed E-state index contributed by atoms with van der Waals surface area (Å²) in [6.45, 7) is 0.932. The highest BCUT2D eigenvalue weighted by atomic mass is 127. The van der Waals surface area contributed by atoms with E-state index in [1.807, 2.05) is 0 Å². The summed E-state index contributed by atoms with van der Waals surface area (Å²) < 4.78 is 11.8. The van der Waals surface area contributed by atoms with Gasteiger partial charge in [0, 0.05) is 20.8 Å². The fourth-order valence-corrected chi connectivity index (χ4v) is 2.79. The predicted octanol–water partition coefficient (Wildman–Crippen LogP) is 4.60. The van der Waals surface area contributed by atoms with Crippen LogP contribution in [0.3, 0.4) is 0 Å². The van der Waals surface area contributed by atoms with Crippen molar-refractivity contribution in [2.45, 2.75) is 0 Å². The third-order valence-electron chi connectivity index (χ3n) is 3.06. The van der Waals surface area contributed by atoms with E-state index < -0.39 is 0 Å². The molecule has 21 heavy (non-hydrogen) atoms. The zero-order chi connectivity index (χ0) is 15.0. The van der Waals surface area contributed by atoms with Crippen LogP contribution in [0.4, 0.5) is 0 Å². The maximum Gasteiger partial charge on any atom is 0.194 e. The van der Waals surface area contributed by atoms with Gasteiger partial charge in [0.1, 0.15) is 13.2 Å². The number of carbonyl (C=O) groups is 1. The summed E-state index contributed by atoms with van der Waals surface area (Å²) in [5.74, 6) is 0.893. The summed E-state index contributed by atoms with van der Waals surface area (Å²) in [5, 5.41) is 0.869. The summed E-state index contributed by atoms with van der Waals surface area (Å²) in [4.78, 5) is 12.6. The van der Waals surface area contributed by atoms with Crippen molar-refractivity contribution >= 4 is 51.6 Å². The van der Waals surface area contributed by atoms with Crippen LogP contribution in [-0.2, 0) is 0 Å². The first-order chi connectivity index (χ1) is 10.1. The van der Waals surface area contributed by atoms with E-state index in [2.05, 4.69) is 22.6 Å². The predicted molar refractivity (Wildman–Crippen MR) is 90.0 cm³/mol. The van der Waals surface area contributed by atoms with Gasteiger partial charge in [-0.2, -0.15) is 0 Å². The van der Waals surface area contributed by atoms with E-state index in [1.54, 1.807) is 30.3 Å². The number of rotatable bonds is 2. The first-order valence-corrected chi connectivity index (χ1v) is 7.98. The summed E-state index contributed by atoms with van der Waals surface area (Å²) in [6, 6.07) is 8.38. The van der Waals surface area contributed by atoms with Crippen molar-refractivity contribution in [2.75, 3.05) is 13.2 Å². The van der Waals surface area contributed by atoms with Gasteiger partial charge in [-0.05, 0) is 46.9 Å². The van der Waals surface area contributed by atoms with Gasteiger partial charge in [0.2, 0.25) is 0 Å². The Morgan fingerprint density at radius 1 is 1.00 bits per heavy atom. The minimum absolute atomic E-state index is 0.199. The average molecular weight is 435 g/mol. The lowest BCUT2D eigenvalue weighted by molar-refractivity contribution is 0.103. The SMILES string of the molecule is O=C(c1ccc(I)c(Cl)c1)c1cc2c(cc1Cl)OCCO2. The standard InChI is InChI=1S/C15H9Cl2IO3/c16-10-7-14-13(20-3-4-21-14)6-9(10)15(19)8-1-2-12(18)11(17)5-8/h1-2,5-7H,3-4H2. The Hall–Kier alpha value is -0.980. The summed E-state index contributed by atoms with van der Waals surface area (Å²) in [5.41, 5.74) is 0.859. The van der Waals surface area contributed by atoms with Crippen molar-refractivity contribution in [3.05, 3.63) is 55.1 Å². The normalized spacial score (nSPS) is 13.1. The van der Waals surface area contributed by atoms with Crippen LogP contribution in [0.15, 0.2) is 30.3 Å². The number of fused-ring (bicyclic) bond motifs is 1. The third kappa shape index (κ3) is 2.98. The Bertz CT molecular complexity index is 731. The van der Waals surface area contributed by atoms with Gasteiger partial charge in [0.05, 0.1) is 10.0 Å². The van der Waals surface area contributed by atoms with Gasteiger partial charge in [-0.15, -0.1) is 0 Å². The molecule has 0 fully saturated rings. The first kappa shape index (κ1) is 14.9. The molecule has 0 bridgehead atoms. The zero-order valence-electron chi connectivity index (χ0n) is 10.7. The molecule has 0 spiro atoms. The molecule has 6 heteroatoms. The lowest BCUT2D eigenvalue weighted by Crippen LogP contribution is -2.16. The van der Waals surface area contributed by atoms with Crippen molar-refractivity contribution in [2.24, 2.45) is 0 Å². The highest BCUT2D eigenvalue weighted by Crippen LogP contribution is 2.36. The van der Waals surface area contributed by atoms with Crippen LogP contribution in [0.25, 0.3) is 0 Å². The lowest BCUT2D eigenvalue weighted by atomic mass is 10.0. The van der Waals surface area contributed by atoms with Crippen LogP contribution in [0.1, 0.15) is 15.9 Å². The largest absolute Gasteiger partial charge is 0.486 e. The molecule has 1 aliphatic rings. The van der Waals surface area contributed by atoms with Crippen molar-refractivity contribution in [1.82, 2.24) is 0 Å². The van der Waals surface area contributed by atoms with E-state index in [0.29, 0.717) is 45.9 Å². The van der Waals surface area contributed by atoms with E-state index in [1.165, 1.54) is 0 Å². The molecule has 2 aromatic rings. The van der Waals surface area contributed by atoms with E-state index in [4.69, 9.17) is 32.7 Å². The lowest BCUT2D eigenvalue weighted by Gasteiger charge is -2.19. The fourth-order valence-electron chi connectivity index (χ4n) is 2.03. The molecule has 0 saturated heterocycles. The highest BCUT2D eigenvalue weighted by Gasteiger charge is 2.20. The number of ketones is 1. The zero-order valence-corrected chi connectivity index (χ0v) is 14.3. The van der Waals surface area contributed by atoms with Gasteiger partial charge in [0.15, 0.2) is 17.3 Å². The second kappa shape index (κ2) is 6.02. The molecule has 108 valence electrons. The molecule has 2 aromatic carbocycles. The second-order valence-corrected chi connectivity index (χ2v) is 6.41. The molecule has 0 aliphatic carbocycles. The molecule has 0 radical (unpaired) electrons. The molecule has 0 N–H and O–H groups in total. The molecular weight excluding hydrogens is 426 g/mol. The van der Waals surface area contributed by atoms with E-state index in [-0.39, 0.29) is 5.78 Å². The molecule has 0 atom stereocenters. The number of halogens is 3. The number of benzene rings is 2. The van der Waals surface area contributed by atoms with Crippen LogP contribution in [0.2, 0.25) is 10.0 Å². The van der Waals surface area contributed by atoms with Crippen LogP contribution in [0, 0.1) is 3.57 Å². The number of ether oxygens (including phenoxy) is 2.